The van der Waals surface area contributed by atoms with E-state index in [9.17, 15) is 14.7 Å². The third kappa shape index (κ3) is 15.6. The van der Waals surface area contributed by atoms with Crippen LogP contribution in [0.3, 0.4) is 0 Å². The molecule has 3 aromatic carbocycles. The van der Waals surface area contributed by atoms with Crippen LogP contribution in [0, 0.1) is 180 Å². The molecule has 12 saturated carbocycles. The summed E-state index contributed by atoms with van der Waals surface area (Å²) in [5.74, 6) is 8.49. The molecule has 3 N–H and O–H groups in total. The Labute approximate surface area is 773 Å². The first-order valence-corrected chi connectivity index (χ1v) is 48.5. The SMILES string of the molecule is C.C.C=C(C)[C@@H]1CC[C@]2(C(=O)O)CC[C@]3(C)[C@H](CC[C@@H]4[C@@]5(C)CC=C(c6ccc(C)cc6)C(C)(C)[C@@H]5CC[C@]43C)[C@@H]12.C=C(C)[C@@H]1CC[C@]2(N)CC[C@]3(C)[C@H](CC[C@@H]4[C@@]5(C)CC=C(c6ccc(C)cc6)C(C)(C)[C@@H]5CC[C@]43C)[C@@H]12.C=C(C)[C@@H]1CC[C@]2(N=C=O)CC[C@]3(C)[C@H](CC[C@@H]4[C@@]5(C)CC=C(c6ccc(C)cc6)C(C)(C)[C@@H]5CC[C@]43C)[C@@H]12.Cl.O=C=O.O=C=O.O=C=O. The molecule has 0 radical (unpaired) electrons. The van der Waals surface area contributed by atoms with Crippen molar-refractivity contribution in [2.45, 2.75) is 345 Å². The van der Waals surface area contributed by atoms with Crippen molar-refractivity contribution in [3.05, 3.63) is 161 Å². The number of carbonyl (C=O) groups is 1. The highest BCUT2D eigenvalue weighted by atomic mass is 35.5. The van der Waals surface area contributed by atoms with E-state index < -0.39 is 11.4 Å². The summed E-state index contributed by atoms with van der Waals surface area (Å²) in [4.78, 5) is 78.0. The Kier molecular flexibility index (Phi) is 29.3. The van der Waals surface area contributed by atoms with Gasteiger partial charge in [0.25, 0.3) is 0 Å². The molecule has 0 spiro atoms. The number of aliphatic carboxylic acids is 1. The van der Waals surface area contributed by atoms with Crippen LogP contribution in [0.5, 0.6) is 0 Å². The number of aryl methyl sites for hydroxylation is 3. The average Bonchev–Trinajstić information content (AvgIpc) is 1.52. The molecule has 0 bridgehead atoms. The van der Waals surface area contributed by atoms with Crippen molar-refractivity contribution >= 4 is 59.6 Å². The third-order valence-electron chi connectivity index (χ3n) is 42.7. The molecule has 127 heavy (non-hydrogen) atoms. The molecule has 0 saturated heterocycles. The molecule has 12 heteroatoms. The molecule has 0 aliphatic heterocycles. The summed E-state index contributed by atoms with van der Waals surface area (Å²) in [6, 6.07) is 27.8. The summed E-state index contributed by atoms with van der Waals surface area (Å²) in [5.41, 5.74) is 26.8. The van der Waals surface area contributed by atoms with Crippen molar-refractivity contribution < 1.29 is 43.5 Å². The Morgan fingerprint density at radius 3 is 0.984 bits per heavy atom. The molecule has 696 valence electrons. The van der Waals surface area contributed by atoms with Crippen LogP contribution in [-0.2, 0) is 38.4 Å². The second-order valence-electron chi connectivity index (χ2n) is 48.0. The summed E-state index contributed by atoms with van der Waals surface area (Å²) in [7, 11) is 0. The maximum absolute atomic E-state index is 12.9. The maximum atomic E-state index is 12.9. The standard InChI is InChI=1S/C37H51NO.C37H52O2.C36H53N.3CO2.2CH4.ClH/c1-24(2)27-15-20-37(38-23-39)22-21-35(7)29(32(27)37)13-14-31-34(6)18-16-28(26-11-9-25(3)10-12-26)33(4,5)30(34)17-19-36(31,35)8;1-23(2)26-15-20-37(32(38)39)22-21-35(7)28(31(26)37)13-14-30-34(6)18-16-27(25-11-9-24(3)10-12-25)33(4,5)29(34)17-19-36(30,35)8;1-23(2)26-15-20-36(37)22-21-34(7)28(31(26)36)13-14-30-33(6)18-16-27(25-11-9-24(3)10-12-25)32(4,5)29(33)17-19-35(30,34)8;3*2-1-3;;;/h9-12,16,27,29-32H,1,13-15,17-22H2,2-8H3;9-12,16,26,28-31H,1,13-15,17-22H2,2-8H3,(H,38,39);9-12,16,26,28-31H,1,13-15,17-22,37H2,2-8H3;;;;2*1H4;1H/t27-,29+,30-,31+,32+,34-,35+,36+,37-;26-,28+,29-,30+,31+,34-,35+,36+,37-;26-,28+,29-,30+,31+,33-,34+,35+,36-;;;;;;/m000....../s1. The van der Waals surface area contributed by atoms with E-state index in [1.54, 1.807) is 16.7 Å². The monoisotopic (exact) mass is 1750 g/mol. The molecular formula is C115H165ClN2O9. The summed E-state index contributed by atoms with van der Waals surface area (Å²) in [6.45, 7) is 65.9. The number of carbonyl (C=O) groups excluding carboxylic acids is 7. The number of rotatable bonds is 8. The van der Waals surface area contributed by atoms with Gasteiger partial charge < -0.3 is 10.8 Å². The van der Waals surface area contributed by atoms with Crippen LogP contribution in [0.1, 0.15) is 346 Å². The summed E-state index contributed by atoms with van der Waals surface area (Å²) < 4.78 is 0. The van der Waals surface area contributed by atoms with E-state index in [1.807, 2.05) is 6.08 Å². The van der Waals surface area contributed by atoms with Gasteiger partial charge >= 0.3 is 24.4 Å². The minimum Gasteiger partial charge on any atom is -0.481 e. The van der Waals surface area contributed by atoms with Gasteiger partial charge in [-0.15, -0.1) is 12.4 Å². The van der Waals surface area contributed by atoms with Gasteiger partial charge in [0.05, 0.1) is 11.0 Å². The first-order chi connectivity index (χ1) is 58.1. The Morgan fingerprint density at radius 1 is 0.362 bits per heavy atom. The highest BCUT2D eigenvalue weighted by Gasteiger charge is 2.75. The van der Waals surface area contributed by atoms with Gasteiger partial charge in [-0.05, 0) is 402 Å². The fourth-order valence-electron chi connectivity index (χ4n) is 36.6. The number of fused-ring (bicyclic) bond motifs is 21. The van der Waals surface area contributed by atoms with Gasteiger partial charge in [0.1, 0.15) is 0 Å². The Bertz CT molecular complexity index is 4640. The van der Waals surface area contributed by atoms with E-state index in [2.05, 4.69) is 261 Å². The minimum atomic E-state index is -0.531. The van der Waals surface area contributed by atoms with Crippen LogP contribution in [0.25, 0.3) is 16.7 Å². The van der Waals surface area contributed by atoms with Crippen LogP contribution in [0.2, 0.25) is 0 Å². The molecule has 15 aliphatic carbocycles. The molecule has 11 nitrogen and oxygen atoms in total. The van der Waals surface area contributed by atoms with Gasteiger partial charge in [-0.25, -0.2) is 4.79 Å². The van der Waals surface area contributed by atoms with Crippen molar-refractivity contribution in [1.82, 2.24) is 0 Å². The van der Waals surface area contributed by atoms with Gasteiger partial charge in [0, 0.05) is 5.54 Å². The van der Waals surface area contributed by atoms with Gasteiger partial charge in [-0.2, -0.15) is 33.8 Å². The van der Waals surface area contributed by atoms with Crippen LogP contribution in [-0.4, -0.2) is 46.7 Å². The molecular weight excluding hydrogens is 1590 g/mol. The molecule has 0 unspecified atom stereocenters. The molecule has 18 rings (SSSR count). The van der Waals surface area contributed by atoms with Crippen molar-refractivity contribution in [1.29, 1.82) is 0 Å². The van der Waals surface area contributed by atoms with Crippen molar-refractivity contribution in [2.24, 2.45) is 170 Å². The van der Waals surface area contributed by atoms with Crippen LogP contribution in [0.4, 0.5) is 0 Å². The molecule has 27 atom stereocenters. The van der Waals surface area contributed by atoms with Gasteiger partial charge in [0.15, 0.2) is 0 Å². The smallest absolute Gasteiger partial charge is 0.373 e. The highest BCUT2D eigenvalue weighted by Crippen LogP contribution is 2.82. The lowest BCUT2D eigenvalue weighted by atomic mass is 9.32. The Morgan fingerprint density at radius 2 is 0.654 bits per heavy atom. The normalized spacial score (nSPS) is 42.6. The number of aliphatic imine (C=N–C) groups is 1. The molecule has 0 aromatic heterocycles. The number of hydrogen-bond donors (Lipinski definition) is 2. The number of allylic oxidation sites excluding steroid dienone is 9. The molecule has 0 amide bonds. The number of benzene rings is 3. The van der Waals surface area contributed by atoms with E-state index in [1.165, 1.54) is 179 Å². The summed E-state index contributed by atoms with van der Waals surface area (Å²) in [5, 5.41) is 10.6. The zero-order valence-corrected chi connectivity index (χ0v) is 81.5. The van der Waals surface area contributed by atoms with Gasteiger partial charge in [0.2, 0.25) is 6.08 Å². The maximum Gasteiger partial charge on any atom is 0.373 e. The topological polar surface area (TPSA) is 195 Å². The zero-order valence-electron chi connectivity index (χ0n) is 80.7. The summed E-state index contributed by atoms with van der Waals surface area (Å²) >= 11 is 0. The number of nitrogens with two attached hydrogens (primary N) is 1. The third-order valence-corrected chi connectivity index (χ3v) is 42.7. The number of carboxylic acid groups (broad SMARTS) is 1. The van der Waals surface area contributed by atoms with E-state index in [-0.39, 0.29) is 101 Å². The lowest BCUT2D eigenvalue weighted by Crippen LogP contribution is -2.67. The van der Waals surface area contributed by atoms with Gasteiger partial charge in [-0.1, -0.05) is 263 Å². The Balaban J connectivity index is 0.000000187. The van der Waals surface area contributed by atoms with Gasteiger partial charge in [-0.3, -0.25) is 4.79 Å². The van der Waals surface area contributed by atoms with Crippen molar-refractivity contribution in [2.75, 3.05) is 0 Å². The molecule has 12 fully saturated rings. The minimum absolute atomic E-state index is 0. The predicted molar refractivity (Wildman–Crippen MR) is 517 cm³/mol. The molecule has 0 heterocycles. The van der Waals surface area contributed by atoms with Crippen molar-refractivity contribution in [3.63, 3.8) is 0 Å². The van der Waals surface area contributed by atoms with E-state index in [0.29, 0.717) is 86.3 Å². The number of isocyanates is 1. The Hall–Kier alpha value is -6.66. The number of halogens is 1. The first kappa shape index (κ1) is 102. The largest absolute Gasteiger partial charge is 0.481 e. The van der Waals surface area contributed by atoms with Crippen LogP contribution < -0.4 is 5.73 Å². The molecule has 3 aromatic rings. The fraction of sp³-hybridized carbons (Fsp3) is 0.696. The number of carboxylic acids is 1. The second-order valence-corrected chi connectivity index (χ2v) is 48.0. The van der Waals surface area contributed by atoms with E-state index in [4.69, 9.17) is 34.5 Å². The predicted octanol–water partition coefficient (Wildman–Crippen LogP) is 28.8. The first-order valence-electron chi connectivity index (χ1n) is 48.5. The number of nitrogens with zero attached hydrogens (tertiary/aromatic N) is 1. The van der Waals surface area contributed by atoms with Crippen molar-refractivity contribution in [3.8, 4) is 0 Å². The highest BCUT2D eigenvalue weighted by molar-refractivity contribution is 5.85. The van der Waals surface area contributed by atoms with Crippen LogP contribution >= 0.6 is 12.4 Å². The lowest BCUT2D eigenvalue weighted by molar-refractivity contribution is -0.227. The zero-order chi connectivity index (χ0) is 90.9. The number of hydrogen-bond acceptors (Lipinski definition) is 10. The quantitative estimate of drug-likeness (QED) is 0.124. The molecule has 15 aliphatic rings. The lowest BCUT2D eigenvalue weighted by Gasteiger charge is -2.72. The fourth-order valence-corrected chi connectivity index (χ4v) is 36.6. The second kappa shape index (κ2) is 36.4. The average molecular weight is 1760 g/mol. The van der Waals surface area contributed by atoms with Crippen LogP contribution in [0.15, 0.2) is 132 Å². The van der Waals surface area contributed by atoms with E-state index in [0.717, 1.165) is 68.6 Å². The summed E-state index contributed by atoms with van der Waals surface area (Å²) in [6.07, 6.45) is 43.3. The van der Waals surface area contributed by atoms with E-state index >= 15 is 0 Å².